The number of ether oxygens (including phenoxy) is 1. The molecule has 0 bridgehead atoms. The maximum Gasteiger partial charge on any atom is 0.322 e. The predicted octanol–water partition coefficient (Wildman–Crippen LogP) is 7.13. The summed E-state index contributed by atoms with van der Waals surface area (Å²) in [4.78, 5) is 15.9. The molecule has 0 fully saturated rings. The lowest BCUT2D eigenvalue weighted by Gasteiger charge is -2.28. The Balaban J connectivity index is 1.66. The number of methoxy groups -OCH3 is 1. The van der Waals surface area contributed by atoms with Crippen LogP contribution in [0.4, 0.5) is 13.2 Å². The zero-order chi connectivity index (χ0) is 37.2. The lowest BCUT2D eigenvalue weighted by atomic mass is 9.81. The van der Waals surface area contributed by atoms with Crippen LogP contribution < -0.4 is 4.74 Å². The average molecular weight is 754 g/mol. The number of aromatic nitrogens is 2. The molecule has 1 unspecified atom stereocenters. The maximum atomic E-state index is 15.5. The van der Waals surface area contributed by atoms with E-state index < -0.39 is 55.4 Å². The molecule has 15 heteroatoms. The Morgan fingerprint density at radius 3 is 2.24 bits per heavy atom. The monoisotopic (exact) mass is 753 g/mol. The molecular weight excluding hydrogens is 713 g/mol. The van der Waals surface area contributed by atoms with Gasteiger partial charge in [0.05, 0.1) is 56.6 Å². The van der Waals surface area contributed by atoms with Crippen molar-refractivity contribution in [1.82, 2.24) is 13.9 Å². The van der Waals surface area contributed by atoms with Gasteiger partial charge in [-0.1, -0.05) is 43.3 Å². The van der Waals surface area contributed by atoms with Crippen LogP contribution in [0.3, 0.4) is 0 Å². The highest BCUT2D eigenvalue weighted by Crippen LogP contribution is 2.39. The first-order valence-electron chi connectivity index (χ1n) is 15.6. The second-order valence-electron chi connectivity index (χ2n) is 13.4. The number of hydrogen-bond acceptors (Lipinski definition) is 6. The van der Waals surface area contributed by atoms with Crippen LogP contribution in [0.25, 0.3) is 5.69 Å². The Kier molecular flexibility index (Phi) is 12.0. The third-order valence-electron chi connectivity index (χ3n) is 8.50. The first kappa shape index (κ1) is 39.2. The molecular formula is C35H41ClF3N4O5S2+. The molecule has 9 nitrogen and oxygen atoms in total. The third-order valence-corrected chi connectivity index (χ3v) is 11.6. The molecule has 1 atom stereocenters. The third kappa shape index (κ3) is 8.65. The summed E-state index contributed by atoms with van der Waals surface area (Å²) >= 11 is 7.44. The van der Waals surface area contributed by atoms with Crippen LogP contribution >= 0.6 is 23.4 Å². The van der Waals surface area contributed by atoms with Gasteiger partial charge in [0, 0.05) is 29.5 Å². The quantitative estimate of drug-likeness (QED) is 0.102. The van der Waals surface area contributed by atoms with Gasteiger partial charge in [-0.3, -0.25) is 9.36 Å². The second kappa shape index (κ2) is 15.4. The minimum atomic E-state index is -4.58. The van der Waals surface area contributed by atoms with E-state index in [0.717, 1.165) is 24.4 Å². The highest BCUT2D eigenvalue weighted by atomic mass is 35.5. The molecule has 0 aliphatic heterocycles. The van der Waals surface area contributed by atoms with Crippen LogP contribution in [0, 0.1) is 17.5 Å². The van der Waals surface area contributed by atoms with Crippen LogP contribution in [0.2, 0.25) is 5.02 Å². The van der Waals surface area contributed by atoms with Crippen molar-refractivity contribution in [3.05, 3.63) is 100 Å². The molecule has 0 spiro atoms. The molecule has 1 heterocycles. The van der Waals surface area contributed by atoms with E-state index in [0.29, 0.717) is 61.2 Å². The Labute approximate surface area is 300 Å². The number of carboxylic acid groups (broad SMARTS) is 1. The summed E-state index contributed by atoms with van der Waals surface area (Å²) in [6, 6.07) is 11.1. The van der Waals surface area contributed by atoms with Crippen molar-refractivity contribution in [3.8, 4) is 11.4 Å². The van der Waals surface area contributed by atoms with Crippen molar-refractivity contribution < 1.29 is 40.7 Å². The molecule has 1 N–H and O–H groups in total. The number of rotatable bonds is 15. The fraction of sp³-hybridized carbons (Fsp3) is 0.371. The van der Waals surface area contributed by atoms with Gasteiger partial charge < -0.3 is 14.3 Å². The van der Waals surface area contributed by atoms with E-state index >= 15 is 8.78 Å². The van der Waals surface area contributed by atoms with E-state index in [9.17, 15) is 22.7 Å². The van der Waals surface area contributed by atoms with Gasteiger partial charge in [0.2, 0.25) is 10.0 Å². The number of carbonyl (C=O) groups is 1. The van der Waals surface area contributed by atoms with E-state index in [2.05, 4.69) is 4.98 Å². The van der Waals surface area contributed by atoms with Gasteiger partial charge >= 0.3 is 5.97 Å². The standard InChI is InChI=1S/C35H40ClF3N4O5S2/c1-35(2,22-10-15-31(48-7)27(36)17-22)32-20-40-34(42(32)24-13-11-23(37)12-14-24)49-21-26-28(38)18-25(19-29(26)39)50(46,47)41(3)30(33(44)45)9-8-16-43(4,5)6/h10-15,17-20,30H,8-9,16,21H2,1-7H3/p+1. The van der Waals surface area contributed by atoms with Crippen LogP contribution in [0.5, 0.6) is 5.75 Å². The van der Waals surface area contributed by atoms with E-state index in [-0.39, 0.29) is 12.2 Å². The number of quaternary nitrogens is 1. The number of nitrogens with zero attached hydrogens (tertiary/aromatic N) is 4. The molecule has 270 valence electrons. The highest BCUT2D eigenvalue weighted by molar-refractivity contribution is 7.98. The summed E-state index contributed by atoms with van der Waals surface area (Å²) < 4.78 is 80.1. The number of halogens is 4. The van der Waals surface area contributed by atoms with Crippen LogP contribution in [-0.4, -0.2) is 85.7 Å². The minimum Gasteiger partial charge on any atom is -0.495 e. The van der Waals surface area contributed by atoms with Crippen LogP contribution in [0.1, 0.15) is 43.5 Å². The molecule has 0 aliphatic rings. The topological polar surface area (TPSA) is 102 Å². The van der Waals surface area contributed by atoms with Crippen LogP contribution in [-0.2, 0) is 26.0 Å². The molecule has 1 aromatic heterocycles. The summed E-state index contributed by atoms with van der Waals surface area (Å²) in [5.41, 5.74) is 0.932. The van der Waals surface area contributed by atoms with Crippen molar-refractivity contribution >= 4 is 39.4 Å². The number of carboxylic acids is 1. The van der Waals surface area contributed by atoms with Crippen molar-refractivity contribution in [2.24, 2.45) is 0 Å². The van der Waals surface area contributed by atoms with Gasteiger partial charge in [-0.2, -0.15) is 4.31 Å². The van der Waals surface area contributed by atoms with Crippen LogP contribution in [0.15, 0.2) is 70.8 Å². The molecule has 4 rings (SSSR count). The highest BCUT2D eigenvalue weighted by Gasteiger charge is 2.35. The van der Waals surface area contributed by atoms with Crippen molar-refractivity contribution in [2.75, 3.05) is 41.8 Å². The molecule has 0 amide bonds. The normalized spacial score (nSPS) is 13.1. The Hall–Kier alpha value is -3.56. The largest absolute Gasteiger partial charge is 0.495 e. The van der Waals surface area contributed by atoms with Gasteiger partial charge in [-0.25, -0.2) is 26.6 Å². The van der Waals surface area contributed by atoms with Gasteiger partial charge in [-0.05, 0) is 66.9 Å². The zero-order valence-electron chi connectivity index (χ0n) is 28.9. The van der Waals surface area contributed by atoms with E-state index in [4.69, 9.17) is 16.3 Å². The zero-order valence-corrected chi connectivity index (χ0v) is 31.3. The smallest absolute Gasteiger partial charge is 0.322 e. The lowest BCUT2D eigenvalue weighted by Crippen LogP contribution is -2.43. The minimum absolute atomic E-state index is 0.0191. The number of sulfonamides is 1. The number of benzene rings is 3. The lowest BCUT2D eigenvalue weighted by molar-refractivity contribution is -0.870. The summed E-state index contributed by atoms with van der Waals surface area (Å²) in [5.74, 6) is -3.82. The Morgan fingerprint density at radius 1 is 1.08 bits per heavy atom. The maximum absolute atomic E-state index is 15.5. The number of aliphatic carboxylic acids is 1. The first-order chi connectivity index (χ1) is 23.3. The van der Waals surface area contributed by atoms with E-state index in [1.165, 1.54) is 19.2 Å². The average Bonchev–Trinajstić information content (AvgIpc) is 3.46. The summed E-state index contributed by atoms with van der Waals surface area (Å²) in [6.45, 7) is 4.50. The van der Waals surface area contributed by atoms with Gasteiger partial charge in [0.25, 0.3) is 0 Å². The molecule has 50 heavy (non-hydrogen) atoms. The second-order valence-corrected chi connectivity index (χ2v) is 16.7. The van der Waals surface area contributed by atoms with Gasteiger partial charge in [-0.15, -0.1) is 0 Å². The molecule has 3 aromatic carbocycles. The summed E-state index contributed by atoms with van der Waals surface area (Å²) in [5, 5.41) is 10.5. The fourth-order valence-corrected chi connectivity index (χ4v) is 8.11. The van der Waals surface area contributed by atoms with Crippen molar-refractivity contribution in [2.45, 2.75) is 54.0 Å². The number of imidazole rings is 1. The predicted molar refractivity (Wildman–Crippen MR) is 188 cm³/mol. The van der Waals surface area contributed by atoms with E-state index in [1.54, 1.807) is 35.0 Å². The first-order valence-corrected chi connectivity index (χ1v) is 18.4. The summed E-state index contributed by atoms with van der Waals surface area (Å²) in [7, 11) is 3.81. The number of likely N-dealkylation sites (N-methyl/N-ethyl adjacent to an activating group) is 1. The number of thioether (sulfide) groups is 1. The summed E-state index contributed by atoms with van der Waals surface area (Å²) in [6.07, 6.45) is 2.06. The molecule has 4 aromatic rings. The van der Waals surface area contributed by atoms with Gasteiger partial charge in [0.15, 0.2) is 5.16 Å². The molecule has 0 saturated heterocycles. The number of hydrogen-bond donors (Lipinski definition) is 1. The van der Waals surface area contributed by atoms with Gasteiger partial charge in [0.1, 0.15) is 29.2 Å². The SMILES string of the molecule is COc1ccc(C(C)(C)c2cnc(SCc3c(F)cc(S(=O)(=O)N(C)C(CCC[N+](C)(C)C)C(=O)O)cc3F)n2-c2ccc(F)cc2)cc1Cl. The Morgan fingerprint density at radius 2 is 1.70 bits per heavy atom. The molecule has 0 radical (unpaired) electrons. The van der Waals surface area contributed by atoms with E-state index in [1.807, 2.05) is 41.1 Å². The molecule has 0 aliphatic carbocycles. The molecule has 0 saturated carbocycles. The van der Waals surface area contributed by atoms with Crippen molar-refractivity contribution in [1.29, 1.82) is 0 Å². The Bertz CT molecular complexity index is 1940. The van der Waals surface area contributed by atoms with Crippen molar-refractivity contribution in [3.63, 3.8) is 0 Å². The fourth-order valence-electron chi connectivity index (χ4n) is 5.48.